The average Bonchev–Trinajstić information content (AvgIpc) is 2.17. The fourth-order valence-corrected chi connectivity index (χ4v) is 1.15. The molecule has 13 heavy (non-hydrogen) atoms. The van der Waals surface area contributed by atoms with E-state index in [0.29, 0.717) is 0 Å². The van der Waals surface area contributed by atoms with E-state index in [1.165, 1.54) is 5.57 Å². The summed E-state index contributed by atoms with van der Waals surface area (Å²) < 4.78 is 0. The lowest BCUT2D eigenvalue weighted by Gasteiger charge is -2.02. The Balaban J connectivity index is 3.13. The van der Waals surface area contributed by atoms with Crippen molar-refractivity contribution in [1.29, 1.82) is 0 Å². The summed E-state index contributed by atoms with van der Waals surface area (Å²) in [5, 5.41) is 0. The highest BCUT2D eigenvalue weighted by molar-refractivity contribution is 5.94. The van der Waals surface area contributed by atoms with E-state index in [9.17, 15) is 4.79 Å². The smallest absolute Gasteiger partial charge is 0.159 e. The van der Waals surface area contributed by atoms with Gasteiger partial charge in [0.2, 0.25) is 0 Å². The van der Waals surface area contributed by atoms with Crippen LogP contribution in [0.1, 0.15) is 36.7 Å². The van der Waals surface area contributed by atoms with E-state index in [1.807, 2.05) is 44.2 Å². The van der Waals surface area contributed by atoms with Crippen LogP contribution in [0.25, 0.3) is 5.57 Å². The number of carbonyl (C=O) groups excluding carboxylic acids is 1. The number of Topliss-reactive ketones (excluding diaryl/α,β-unsaturated/α-hetero) is 1. The Kier molecular flexibility index (Phi) is 3.02. The van der Waals surface area contributed by atoms with Gasteiger partial charge in [0.05, 0.1) is 0 Å². The number of ketones is 1. The van der Waals surface area contributed by atoms with Crippen molar-refractivity contribution in [2.45, 2.75) is 20.8 Å². The number of hydrogen-bond donors (Lipinski definition) is 0. The van der Waals surface area contributed by atoms with E-state index in [2.05, 4.69) is 0 Å². The molecule has 0 radical (unpaired) electrons. The van der Waals surface area contributed by atoms with Crippen LogP contribution in [0.4, 0.5) is 0 Å². The molecule has 0 aliphatic heterocycles. The summed E-state index contributed by atoms with van der Waals surface area (Å²) in [5.41, 5.74) is 3.09. The van der Waals surface area contributed by atoms with Gasteiger partial charge in [-0.2, -0.15) is 0 Å². The first-order valence-corrected chi connectivity index (χ1v) is 4.39. The van der Waals surface area contributed by atoms with Gasteiger partial charge in [0, 0.05) is 5.56 Å². The van der Waals surface area contributed by atoms with Gasteiger partial charge in [-0.3, -0.25) is 4.79 Å². The lowest BCUT2D eigenvalue weighted by molar-refractivity contribution is 0.101. The number of allylic oxidation sites excluding steroid dienone is 2. The third-order valence-corrected chi connectivity index (χ3v) is 2.16. The van der Waals surface area contributed by atoms with E-state index in [1.54, 1.807) is 6.92 Å². The highest BCUT2D eigenvalue weighted by Gasteiger charge is 2.00. The number of hydrogen-bond acceptors (Lipinski definition) is 1. The zero-order valence-electron chi connectivity index (χ0n) is 8.29. The minimum atomic E-state index is 0.116. The van der Waals surface area contributed by atoms with E-state index >= 15 is 0 Å². The molecule has 0 spiro atoms. The first kappa shape index (κ1) is 9.72. The summed E-state index contributed by atoms with van der Waals surface area (Å²) >= 11 is 0. The molecule has 0 heterocycles. The van der Waals surface area contributed by atoms with Gasteiger partial charge in [-0.1, -0.05) is 24.3 Å². The predicted octanol–water partition coefficient (Wildman–Crippen LogP) is 3.31. The van der Waals surface area contributed by atoms with Gasteiger partial charge in [0.15, 0.2) is 5.78 Å². The summed E-state index contributed by atoms with van der Waals surface area (Å²) in [6.45, 7) is 5.62. The summed E-state index contributed by atoms with van der Waals surface area (Å²) in [4.78, 5) is 11.1. The van der Waals surface area contributed by atoms with Crippen LogP contribution in [0.15, 0.2) is 30.3 Å². The molecule has 68 valence electrons. The van der Waals surface area contributed by atoms with Crippen molar-refractivity contribution in [3.63, 3.8) is 0 Å². The van der Waals surface area contributed by atoms with Crippen molar-refractivity contribution >= 4 is 11.4 Å². The number of carbonyl (C=O) groups is 1. The maximum atomic E-state index is 11.1. The second-order valence-electron chi connectivity index (χ2n) is 3.11. The van der Waals surface area contributed by atoms with E-state index in [0.717, 1.165) is 11.1 Å². The van der Waals surface area contributed by atoms with Crippen LogP contribution >= 0.6 is 0 Å². The molecule has 0 amide bonds. The molecule has 0 N–H and O–H groups in total. The van der Waals surface area contributed by atoms with Gasteiger partial charge in [0.25, 0.3) is 0 Å². The lowest BCUT2D eigenvalue weighted by atomic mass is 10.0. The second kappa shape index (κ2) is 4.04. The molecular formula is C12H14O. The Labute approximate surface area is 79.1 Å². The van der Waals surface area contributed by atoms with E-state index in [-0.39, 0.29) is 5.78 Å². The summed E-state index contributed by atoms with van der Waals surface area (Å²) in [5.74, 6) is 0.116. The SMILES string of the molecule is CC=C(C)c1cccc(C(C)=O)c1. The second-order valence-corrected chi connectivity index (χ2v) is 3.11. The van der Waals surface area contributed by atoms with Crippen molar-refractivity contribution in [1.82, 2.24) is 0 Å². The Morgan fingerprint density at radius 3 is 2.38 bits per heavy atom. The minimum Gasteiger partial charge on any atom is -0.295 e. The molecule has 0 aliphatic carbocycles. The van der Waals surface area contributed by atoms with Crippen molar-refractivity contribution < 1.29 is 4.79 Å². The average molecular weight is 174 g/mol. The maximum Gasteiger partial charge on any atom is 0.159 e. The zero-order valence-corrected chi connectivity index (χ0v) is 8.29. The standard InChI is InChI=1S/C12H14O/c1-4-9(2)11-6-5-7-12(8-11)10(3)13/h4-8H,1-3H3. The highest BCUT2D eigenvalue weighted by Crippen LogP contribution is 2.15. The molecule has 0 unspecified atom stereocenters. The lowest BCUT2D eigenvalue weighted by Crippen LogP contribution is -1.92. The minimum absolute atomic E-state index is 0.116. The van der Waals surface area contributed by atoms with Gasteiger partial charge in [0.1, 0.15) is 0 Å². The zero-order chi connectivity index (χ0) is 9.84. The molecule has 0 atom stereocenters. The van der Waals surface area contributed by atoms with Crippen LogP contribution in [-0.4, -0.2) is 5.78 Å². The van der Waals surface area contributed by atoms with E-state index < -0.39 is 0 Å². The molecule has 0 saturated heterocycles. The molecule has 1 aromatic carbocycles. The number of rotatable bonds is 2. The third-order valence-electron chi connectivity index (χ3n) is 2.16. The molecule has 0 bridgehead atoms. The molecule has 0 fully saturated rings. The number of benzene rings is 1. The Bertz CT molecular complexity index is 348. The fraction of sp³-hybridized carbons (Fsp3) is 0.250. The van der Waals surface area contributed by atoms with Gasteiger partial charge >= 0.3 is 0 Å². The van der Waals surface area contributed by atoms with Crippen LogP contribution in [0.3, 0.4) is 0 Å². The molecule has 1 nitrogen and oxygen atoms in total. The van der Waals surface area contributed by atoms with Gasteiger partial charge < -0.3 is 0 Å². The Hall–Kier alpha value is -1.37. The monoisotopic (exact) mass is 174 g/mol. The van der Waals surface area contributed by atoms with Crippen LogP contribution < -0.4 is 0 Å². The Morgan fingerprint density at radius 1 is 1.23 bits per heavy atom. The predicted molar refractivity (Wildman–Crippen MR) is 55.8 cm³/mol. The third kappa shape index (κ3) is 2.28. The quantitative estimate of drug-likeness (QED) is 0.628. The van der Waals surface area contributed by atoms with Crippen LogP contribution in [0.5, 0.6) is 0 Å². The van der Waals surface area contributed by atoms with Crippen LogP contribution in [-0.2, 0) is 0 Å². The molecule has 1 rings (SSSR count). The maximum absolute atomic E-state index is 11.1. The van der Waals surface area contributed by atoms with Gasteiger partial charge in [-0.15, -0.1) is 0 Å². The normalized spacial score (nSPS) is 11.5. The molecule has 0 aliphatic rings. The summed E-state index contributed by atoms with van der Waals surface area (Å²) in [6.07, 6.45) is 2.04. The molecule has 0 aromatic heterocycles. The van der Waals surface area contributed by atoms with E-state index in [4.69, 9.17) is 0 Å². The summed E-state index contributed by atoms with van der Waals surface area (Å²) in [7, 11) is 0. The van der Waals surface area contributed by atoms with Crippen LogP contribution in [0.2, 0.25) is 0 Å². The summed E-state index contributed by atoms with van der Waals surface area (Å²) in [6, 6.07) is 7.70. The van der Waals surface area contributed by atoms with Crippen molar-refractivity contribution in [3.05, 3.63) is 41.5 Å². The van der Waals surface area contributed by atoms with Crippen molar-refractivity contribution in [2.75, 3.05) is 0 Å². The van der Waals surface area contributed by atoms with Crippen LogP contribution in [0, 0.1) is 0 Å². The fourth-order valence-electron chi connectivity index (χ4n) is 1.15. The van der Waals surface area contributed by atoms with Gasteiger partial charge in [-0.25, -0.2) is 0 Å². The topological polar surface area (TPSA) is 17.1 Å². The molecule has 1 aromatic rings. The first-order valence-electron chi connectivity index (χ1n) is 4.39. The Morgan fingerprint density at radius 2 is 1.85 bits per heavy atom. The largest absolute Gasteiger partial charge is 0.295 e. The molecule has 0 saturated carbocycles. The molecular weight excluding hydrogens is 160 g/mol. The highest BCUT2D eigenvalue weighted by atomic mass is 16.1. The molecule has 1 heteroatoms. The van der Waals surface area contributed by atoms with Crippen molar-refractivity contribution in [2.24, 2.45) is 0 Å². The van der Waals surface area contributed by atoms with Crippen molar-refractivity contribution in [3.8, 4) is 0 Å². The first-order chi connectivity index (χ1) is 6.15. The van der Waals surface area contributed by atoms with Gasteiger partial charge in [-0.05, 0) is 38.0 Å².